The van der Waals surface area contributed by atoms with Crippen molar-refractivity contribution >= 4 is 51.9 Å². The maximum absolute atomic E-state index is 12.8. The van der Waals surface area contributed by atoms with E-state index in [9.17, 15) is 14.9 Å². The lowest BCUT2D eigenvalue weighted by Crippen LogP contribution is -2.28. The van der Waals surface area contributed by atoms with Gasteiger partial charge in [0.25, 0.3) is 11.6 Å². The van der Waals surface area contributed by atoms with Gasteiger partial charge in [-0.2, -0.15) is 0 Å². The Kier molecular flexibility index (Phi) is 5.88. The number of amidine groups is 1. The predicted molar refractivity (Wildman–Crippen MR) is 120 cm³/mol. The van der Waals surface area contributed by atoms with E-state index in [4.69, 9.17) is 16.0 Å². The van der Waals surface area contributed by atoms with E-state index in [0.717, 1.165) is 0 Å². The molecule has 1 aliphatic heterocycles. The number of carbonyl (C=O) groups is 1. The average Bonchev–Trinajstić information content (AvgIpc) is 3.34. The number of nitro groups is 1. The number of rotatable bonds is 5. The van der Waals surface area contributed by atoms with E-state index in [1.807, 2.05) is 6.92 Å². The number of amides is 1. The van der Waals surface area contributed by atoms with Gasteiger partial charge in [0.05, 0.1) is 26.1 Å². The molecule has 31 heavy (non-hydrogen) atoms. The Bertz CT molecular complexity index is 1240. The predicted octanol–water partition coefficient (Wildman–Crippen LogP) is 5.53. The van der Waals surface area contributed by atoms with Crippen molar-refractivity contribution in [2.24, 2.45) is 4.99 Å². The van der Waals surface area contributed by atoms with Gasteiger partial charge in [-0.3, -0.25) is 24.8 Å². The van der Waals surface area contributed by atoms with Gasteiger partial charge >= 0.3 is 0 Å². The minimum absolute atomic E-state index is 0.0526. The third-order valence-electron chi connectivity index (χ3n) is 4.44. The van der Waals surface area contributed by atoms with Crippen molar-refractivity contribution in [2.45, 2.75) is 6.92 Å². The molecular weight excluding hydrogens is 440 g/mol. The molecule has 0 spiro atoms. The smallest absolute Gasteiger partial charge is 0.280 e. The highest BCUT2D eigenvalue weighted by atomic mass is 35.5. The van der Waals surface area contributed by atoms with Gasteiger partial charge in [0, 0.05) is 31.1 Å². The number of furan rings is 1. The van der Waals surface area contributed by atoms with Crippen LogP contribution in [0, 0.1) is 10.1 Å². The quantitative estimate of drug-likeness (QED) is 0.285. The highest BCUT2D eigenvalue weighted by Gasteiger charge is 2.32. The van der Waals surface area contributed by atoms with Gasteiger partial charge in [-0.25, -0.2) is 4.99 Å². The first-order valence-electron chi connectivity index (χ1n) is 9.21. The number of pyridine rings is 1. The van der Waals surface area contributed by atoms with Crippen LogP contribution in [0.3, 0.4) is 0 Å². The summed E-state index contributed by atoms with van der Waals surface area (Å²) >= 11 is 7.34. The standard InChI is InChI=1S/C21H15ClN4O4S/c1-2-25-20(27)19(31-21(25)24-16-9-10-23-12-15(16)22)11-13-7-8-18(30-13)14-5-3-4-6-17(14)26(28)29/h3-12H,2H2,1H3/b19-11+,24-21?. The zero-order chi connectivity index (χ0) is 22.0. The fourth-order valence-corrected chi connectivity index (χ4v) is 4.17. The zero-order valence-corrected chi connectivity index (χ0v) is 17.8. The minimum atomic E-state index is -0.460. The van der Waals surface area contributed by atoms with Gasteiger partial charge in [-0.15, -0.1) is 0 Å². The third kappa shape index (κ3) is 4.23. The molecule has 4 rings (SSSR count). The number of thioether (sulfide) groups is 1. The summed E-state index contributed by atoms with van der Waals surface area (Å²) in [6.07, 6.45) is 4.67. The Morgan fingerprint density at radius 2 is 2.10 bits per heavy atom. The first kappa shape index (κ1) is 20.8. The van der Waals surface area contributed by atoms with Gasteiger partial charge in [-0.05, 0) is 43.0 Å². The highest BCUT2D eigenvalue weighted by Crippen LogP contribution is 2.37. The van der Waals surface area contributed by atoms with Crippen LogP contribution in [-0.2, 0) is 4.79 Å². The number of carbonyl (C=O) groups excluding carboxylic acids is 1. The molecule has 1 aliphatic rings. The van der Waals surface area contributed by atoms with Crippen LogP contribution >= 0.6 is 23.4 Å². The molecule has 0 radical (unpaired) electrons. The lowest BCUT2D eigenvalue weighted by molar-refractivity contribution is -0.384. The molecule has 1 fully saturated rings. The highest BCUT2D eigenvalue weighted by molar-refractivity contribution is 8.18. The van der Waals surface area contributed by atoms with Crippen molar-refractivity contribution < 1.29 is 14.1 Å². The molecule has 1 aromatic carbocycles. The number of likely N-dealkylation sites (N-methyl/N-ethyl adjacent to an activating group) is 1. The average molecular weight is 455 g/mol. The van der Waals surface area contributed by atoms with Gasteiger partial charge in [0.2, 0.25) is 0 Å². The number of aromatic nitrogens is 1. The monoisotopic (exact) mass is 454 g/mol. The van der Waals surface area contributed by atoms with Crippen LogP contribution in [-0.4, -0.2) is 32.4 Å². The second-order valence-corrected chi connectivity index (χ2v) is 7.77. The number of aliphatic imine (C=N–C) groups is 1. The summed E-state index contributed by atoms with van der Waals surface area (Å²) in [7, 11) is 0. The Hall–Kier alpha value is -3.43. The molecule has 3 aromatic rings. The van der Waals surface area contributed by atoms with E-state index in [0.29, 0.717) is 44.4 Å². The van der Waals surface area contributed by atoms with E-state index in [-0.39, 0.29) is 11.6 Å². The van der Waals surface area contributed by atoms with E-state index >= 15 is 0 Å². The number of nitro benzene ring substituents is 1. The topological polar surface area (TPSA) is 102 Å². The number of hydrogen-bond acceptors (Lipinski definition) is 7. The molecule has 3 heterocycles. The minimum Gasteiger partial charge on any atom is -0.456 e. The van der Waals surface area contributed by atoms with E-state index in [1.165, 1.54) is 24.0 Å². The summed E-state index contributed by atoms with van der Waals surface area (Å²) in [5.41, 5.74) is 0.832. The van der Waals surface area contributed by atoms with Crippen LogP contribution in [0.4, 0.5) is 11.4 Å². The SMILES string of the molecule is CCN1C(=O)/C(=C\c2ccc(-c3ccccc3[N+](=O)[O-])o2)SC1=Nc1ccncc1Cl. The van der Waals surface area contributed by atoms with Crippen LogP contribution in [0.25, 0.3) is 17.4 Å². The van der Waals surface area contributed by atoms with Crippen LogP contribution in [0.5, 0.6) is 0 Å². The lowest BCUT2D eigenvalue weighted by Gasteiger charge is -2.12. The molecule has 10 heteroatoms. The fraction of sp³-hybridized carbons (Fsp3) is 0.0952. The molecule has 8 nitrogen and oxygen atoms in total. The van der Waals surface area contributed by atoms with Gasteiger partial charge < -0.3 is 4.42 Å². The van der Waals surface area contributed by atoms with Crippen molar-refractivity contribution in [2.75, 3.05) is 6.54 Å². The first-order chi connectivity index (χ1) is 15.0. The Morgan fingerprint density at radius 1 is 1.29 bits per heavy atom. The van der Waals surface area contributed by atoms with Crippen LogP contribution in [0.15, 0.2) is 69.2 Å². The fourth-order valence-electron chi connectivity index (χ4n) is 2.98. The summed E-state index contributed by atoms with van der Waals surface area (Å²) in [4.78, 5) is 34.0. The Balaban J connectivity index is 1.65. The number of nitrogens with zero attached hydrogens (tertiary/aromatic N) is 4. The molecule has 1 amide bonds. The molecule has 0 unspecified atom stereocenters. The summed E-state index contributed by atoms with van der Waals surface area (Å²) < 4.78 is 5.78. The Morgan fingerprint density at radius 3 is 2.84 bits per heavy atom. The van der Waals surface area contributed by atoms with Crippen LogP contribution < -0.4 is 0 Å². The molecule has 1 saturated heterocycles. The van der Waals surface area contributed by atoms with E-state index < -0.39 is 4.92 Å². The van der Waals surface area contributed by atoms with E-state index in [2.05, 4.69) is 9.98 Å². The maximum Gasteiger partial charge on any atom is 0.280 e. The largest absolute Gasteiger partial charge is 0.456 e. The van der Waals surface area contributed by atoms with Gasteiger partial charge in [-0.1, -0.05) is 23.7 Å². The van der Waals surface area contributed by atoms with Crippen molar-refractivity contribution in [1.29, 1.82) is 0 Å². The number of benzene rings is 1. The van der Waals surface area contributed by atoms with Crippen molar-refractivity contribution in [3.05, 3.63) is 80.7 Å². The second kappa shape index (κ2) is 8.75. The molecule has 2 aromatic heterocycles. The normalized spacial score (nSPS) is 16.5. The first-order valence-corrected chi connectivity index (χ1v) is 10.4. The number of hydrogen-bond donors (Lipinski definition) is 0. The molecule has 0 aliphatic carbocycles. The van der Waals surface area contributed by atoms with Gasteiger partial charge in [0.15, 0.2) is 5.17 Å². The van der Waals surface area contributed by atoms with Crippen LogP contribution in [0.2, 0.25) is 5.02 Å². The lowest BCUT2D eigenvalue weighted by atomic mass is 10.1. The molecule has 156 valence electrons. The summed E-state index contributed by atoms with van der Waals surface area (Å²) in [5, 5.41) is 12.2. The molecule has 0 N–H and O–H groups in total. The zero-order valence-electron chi connectivity index (χ0n) is 16.2. The summed E-state index contributed by atoms with van der Waals surface area (Å²) in [5.74, 6) is 0.544. The third-order valence-corrected chi connectivity index (χ3v) is 5.74. The van der Waals surface area contributed by atoms with Gasteiger partial charge in [0.1, 0.15) is 11.5 Å². The second-order valence-electron chi connectivity index (χ2n) is 6.36. The van der Waals surface area contributed by atoms with Crippen molar-refractivity contribution in [3.8, 4) is 11.3 Å². The molecular formula is C21H15ClN4O4S. The maximum atomic E-state index is 12.8. The Labute approximate surface area is 186 Å². The molecule has 0 saturated carbocycles. The van der Waals surface area contributed by atoms with Crippen molar-refractivity contribution in [1.82, 2.24) is 9.88 Å². The molecule has 0 bridgehead atoms. The van der Waals surface area contributed by atoms with Crippen LogP contribution in [0.1, 0.15) is 12.7 Å². The molecule has 0 atom stereocenters. The summed E-state index contributed by atoms with van der Waals surface area (Å²) in [6.45, 7) is 2.29. The number of halogens is 1. The van der Waals surface area contributed by atoms with E-state index in [1.54, 1.807) is 53.6 Å². The van der Waals surface area contributed by atoms with Crippen molar-refractivity contribution in [3.63, 3.8) is 0 Å². The summed E-state index contributed by atoms with van der Waals surface area (Å²) in [6, 6.07) is 11.3. The number of para-hydroxylation sites is 1.